The number of hydrogen-bond acceptors (Lipinski definition) is 1. The summed E-state index contributed by atoms with van der Waals surface area (Å²) < 4.78 is 0. The van der Waals surface area contributed by atoms with Crippen molar-refractivity contribution in [3.8, 4) is 0 Å². The minimum Gasteiger partial charge on any atom is -0.298 e. The third kappa shape index (κ3) is 13.1. The Morgan fingerprint density at radius 2 is 1.75 bits per heavy atom. The molecule has 0 spiro atoms. The molecule has 0 aliphatic heterocycles. The highest BCUT2D eigenvalue weighted by molar-refractivity contribution is 5.70. The molecular weight excluding hydrogens is 388 g/mol. The molecule has 0 atom stereocenters. The zero-order chi connectivity index (χ0) is 24.6. The SMILES string of the molecule is C=C(C)C=O.C\C=C/C(/C=C/C=C(C)/C=C/C1=C(C)CCCC1(C)C)=C\C(C)=C\CCC. The second-order valence-electron chi connectivity index (χ2n) is 9.38. The summed E-state index contributed by atoms with van der Waals surface area (Å²) in [6.45, 7) is 20.6. The van der Waals surface area contributed by atoms with E-state index in [1.165, 1.54) is 48.0 Å². The van der Waals surface area contributed by atoms with Gasteiger partial charge in [0.25, 0.3) is 0 Å². The summed E-state index contributed by atoms with van der Waals surface area (Å²) in [6, 6.07) is 0. The third-order valence-corrected chi connectivity index (χ3v) is 5.41. The van der Waals surface area contributed by atoms with Crippen LogP contribution in [0.25, 0.3) is 0 Å². The van der Waals surface area contributed by atoms with Gasteiger partial charge in [0.1, 0.15) is 6.29 Å². The van der Waals surface area contributed by atoms with E-state index in [-0.39, 0.29) is 0 Å². The quantitative estimate of drug-likeness (QED) is 0.200. The molecule has 32 heavy (non-hydrogen) atoms. The summed E-state index contributed by atoms with van der Waals surface area (Å²) in [7, 11) is 0. The van der Waals surface area contributed by atoms with E-state index < -0.39 is 0 Å². The van der Waals surface area contributed by atoms with Gasteiger partial charge in [0, 0.05) is 0 Å². The fourth-order valence-corrected chi connectivity index (χ4v) is 3.63. The van der Waals surface area contributed by atoms with Crippen LogP contribution in [0.1, 0.15) is 87.5 Å². The van der Waals surface area contributed by atoms with Gasteiger partial charge in [0.2, 0.25) is 0 Å². The molecule has 1 aliphatic carbocycles. The van der Waals surface area contributed by atoms with Gasteiger partial charge in [-0.3, -0.25) is 4.79 Å². The maximum Gasteiger partial charge on any atom is 0.145 e. The van der Waals surface area contributed by atoms with Crippen molar-refractivity contribution in [2.24, 2.45) is 5.41 Å². The lowest BCUT2D eigenvalue weighted by Crippen LogP contribution is -2.19. The third-order valence-electron chi connectivity index (χ3n) is 5.41. The summed E-state index contributed by atoms with van der Waals surface area (Å²) in [4.78, 5) is 9.41. The van der Waals surface area contributed by atoms with Gasteiger partial charge in [-0.2, -0.15) is 0 Å². The fourth-order valence-electron chi connectivity index (χ4n) is 3.63. The minimum atomic E-state index is 0.305. The summed E-state index contributed by atoms with van der Waals surface area (Å²) in [5.74, 6) is 0. The van der Waals surface area contributed by atoms with Gasteiger partial charge < -0.3 is 0 Å². The first-order chi connectivity index (χ1) is 15.1. The molecule has 0 radical (unpaired) electrons. The van der Waals surface area contributed by atoms with Crippen molar-refractivity contribution in [3.05, 3.63) is 94.7 Å². The van der Waals surface area contributed by atoms with Gasteiger partial charge in [0.05, 0.1) is 0 Å². The zero-order valence-electron chi connectivity index (χ0n) is 21.9. The second-order valence-corrected chi connectivity index (χ2v) is 9.38. The van der Waals surface area contributed by atoms with Gasteiger partial charge >= 0.3 is 0 Å². The maximum absolute atomic E-state index is 9.41. The molecule has 0 amide bonds. The number of carbonyl (C=O) groups excluding carboxylic acids is 1. The van der Waals surface area contributed by atoms with Gasteiger partial charge in [-0.15, -0.1) is 0 Å². The topological polar surface area (TPSA) is 17.1 Å². The van der Waals surface area contributed by atoms with Crippen molar-refractivity contribution >= 4 is 6.29 Å². The number of carbonyl (C=O) groups is 1. The highest BCUT2D eigenvalue weighted by Crippen LogP contribution is 2.40. The molecule has 0 heterocycles. The van der Waals surface area contributed by atoms with Crippen molar-refractivity contribution in [3.63, 3.8) is 0 Å². The zero-order valence-corrected chi connectivity index (χ0v) is 21.9. The van der Waals surface area contributed by atoms with Crippen LogP contribution >= 0.6 is 0 Å². The largest absolute Gasteiger partial charge is 0.298 e. The van der Waals surface area contributed by atoms with Crippen molar-refractivity contribution in [1.29, 1.82) is 0 Å². The molecular formula is C31H46O. The van der Waals surface area contributed by atoms with E-state index in [9.17, 15) is 4.79 Å². The van der Waals surface area contributed by atoms with E-state index in [2.05, 4.69) is 110 Å². The molecule has 0 aromatic rings. The highest BCUT2D eigenvalue weighted by atomic mass is 16.1. The Kier molecular flexibility index (Phi) is 15.0. The molecule has 0 aromatic carbocycles. The average molecular weight is 435 g/mol. The predicted octanol–water partition coefficient (Wildman–Crippen LogP) is 9.58. The van der Waals surface area contributed by atoms with E-state index in [4.69, 9.17) is 0 Å². The predicted molar refractivity (Wildman–Crippen MR) is 145 cm³/mol. The summed E-state index contributed by atoms with van der Waals surface area (Å²) in [5, 5.41) is 0. The fraction of sp³-hybridized carbons (Fsp3) is 0.452. The Labute approximate surface area is 198 Å². The first kappa shape index (κ1) is 29.6. The molecule has 0 saturated carbocycles. The Bertz CT molecular complexity index is 817. The number of rotatable bonds is 9. The van der Waals surface area contributed by atoms with Gasteiger partial charge in [-0.1, -0.05) is 105 Å². The summed E-state index contributed by atoms with van der Waals surface area (Å²) in [6.07, 6.45) is 26.9. The van der Waals surface area contributed by atoms with Crippen LogP contribution in [-0.4, -0.2) is 6.29 Å². The van der Waals surface area contributed by atoms with E-state index in [0.717, 1.165) is 12.7 Å². The van der Waals surface area contributed by atoms with Crippen LogP contribution in [0.4, 0.5) is 0 Å². The van der Waals surface area contributed by atoms with Crippen LogP contribution in [0, 0.1) is 5.41 Å². The Balaban J connectivity index is 0.00000172. The lowest BCUT2D eigenvalue weighted by Gasteiger charge is -2.32. The van der Waals surface area contributed by atoms with Crippen molar-refractivity contribution in [2.75, 3.05) is 0 Å². The summed E-state index contributed by atoms with van der Waals surface area (Å²) in [5.41, 5.74) is 7.81. The molecule has 1 nitrogen and oxygen atoms in total. The molecule has 0 fully saturated rings. The molecule has 0 bridgehead atoms. The molecule has 1 rings (SSSR count). The van der Waals surface area contributed by atoms with Gasteiger partial charge in [-0.25, -0.2) is 0 Å². The van der Waals surface area contributed by atoms with Crippen molar-refractivity contribution in [1.82, 2.24) is 0 Å². The molecule has 0 unspecified atom stereocenters. The lowest BCUT2D eigenvalue weighted by molar-refractivity contribution is -0.104. The summed E-state index contributed by atoms with van der Waals surface area (Å²) >= 11 is 0. The standard InChI is InChI=1S/C27H40.C4H6O/c1-8-10-14-23(4)21-25(13-9-2)17-11-15-22(3)18-19-26-24(5)16-12-20-27(26,6)7;1-4(2)3-5/h9,11,13-15,17-19,21H,8,10,12,16,20H2,1-7H3;3H,1H2,2H3/b13-9-,17-11+,19-18+,22-15+,23-14+,25-21+;. The minimum absolute atomic E-state index is 0.305. The Morgan fingerprint density at radius 3 is 2.28 bits per heavy atom. The van der Waals surface area contributed by atoms with E-state index in [1.807, 2.05) is 0 Å². The average Bonchev–Trinajstić information content (AvgIpc) is 2.72. The Morgan fingerprint density at radius 1 is 1.09 bits per heavy atom. The van der Waals surface area contributed by atoms with Crippen molar-refractivity contribution in [2.45, 2.75) is 87.5 Å². The number of hydrogen-bond donors (Lipinski definition) is 0. The van der Waals surface area contributed by atoms with E-state index in [1.54, 1.807) is 12.5 Å². The van der Waals surface area contributed by atoms with Gasteiger partial charge in [0.15, 0.2) is 0 Å². The maximum atomic E-state index is 9.41. The molecule has 1 heteroatoms. The van der Waals surface area contributed by atoms with E-state index >= 15 is 0 Å². The van der Waals surface area contributed by atoms with E-state index in [0.29, 0.717) is 11.0 Å². The number of aldehydes is 1. The molecule has 176 valence electrons. The van der Waals surface area contributed by atoms with Crippen molar-refractivity contribution < 1.29 is 4.79 Å². The van der Waals surface area contributed by atoms with Crippen LogP contribution < -0.4 is 0 Å². The van der Waals surface area contributed by atoms with Gasteiger partial charge in [-0.05, 0) is 82.4 Å². The monoisotopic (exact) mass is 434 g/mol. The van der Waals surface area contributed by atoms with Crippen LogP contribution in [0.5, 0.6) is 0 Å². The van der Waals surface area contributed by atoms with Crippen LogP contribution in [-0.2, 0) is 4.79 Å². The van der Waals surface area contributed by atoms with Crippen LogP contribution in [0.3, 0.4) is 0 Å². The first-order valence-electron chi connectivity index (χ1n) is 11.9. The Hall–Kier alpha value is -2.41. The molecule has 0 saturated heterocycles. The first-order valence-corrected chi connectivity index (χ1v) is 11.9. The molecule has 0 N–H and O–H groups in total. The highest BCUT2D eigenvalue weighted by Gasteiger charge is 2.26. The lowest BCUT2D eigenvalue weighted by atomic mass is 9.72. The second kappa shape index (κ2) is 16.3. The number of allylic oxidation sites excluding steroid dienone is 15. The number of unbranched alkanes of at least 4 members (excludes halogenated alkanes) is 1. The molecule has 0 aromatic heterocycles. The smallest absolute Gasteiger partial charge is 0.145 e. The normalized spacial score (nSPS) is 17.8. The van der Waals surface area contributed by atoms with Crippen LogP contribution in [0.2, 0.25) is 0 Å². The van der Waals surface area contributed by atoms with Crippen LogP contribution in [0.15, 0.2) is 94.7 Å². The molecule has 1 aliphatic rings.